The number of rotatable bonds is 23. The fourth-order valence-corrected chi connectivity index (χ4v) is 6.39. The predicted octanol–water partition coefficient (Wildman–Crippen LogP) is -4.77. The highest BCUT2D eigenvalue weighted by Crippen LogP contribution is 2.24. The number of carbonyl (C=O) groups excluding carboxylic acids is 9. The quantitative estimate of drug-likeness (QED) is 0.0434. The zero-order valence-electron chi connectivity index (χ0n) is 32.1. The number of sulfone groups is 1. The molecule has 0 spiro atoms. The number of carboxylic acids is 1. The molecule has 0 fully saturated rings. The van der Waals surface area contributed by atoms with Gasteiger partial charge in [-0.3, -0.25) is 47.9 Å². The van der Waals surface area contributed by atoms with Crippen LogP contribution in [0.5, 0.6) is 0 Å². The summed E-state index contributed by atoms with van der Waals surface area (Å²) >= 11 is 0. The minimum Gasteiger partial charge on any atom is -0.480 e. The number of carbonyl (C=O) groups is 10. The van der Waals surface area contributed by atoms with E-state index in [0.29, 0.717) is 6.42 Å². The second-order valence-corrected chi connectivity index (χ2v) is 17.5. The third-order valence-electron chi connectivity index (χ3n) is 7.49. The number of aliphatic hydroxyl groups is 1. The number of amides is 8. The van der Waals surface area contributed by atoms with Gasteiger partial charge in [-0.15, -0.1) is 0 Å². The van der Waals surface area contributed by atoms with Crippen LogP contribution in [0.4, 0.5) is 0 Å². The lowest BCUT2D eigenvalue weighted by molar-refractivity contribution is -0.140. The van der Waals surface area contributed by atoms with E-state index in [-0.39, 0.29) is 11.8 Å². The molecular formula is C32H54N8O14S. The van der Waals surface area contributed by atoms with Gasteiger partial charge in [0.15, 0.2) is 0 Å². The van der Waals surface area contributed by atoms with Crippen LogP contribution in [0.3, 0.4) is 0 Å². The maximum Gasteiger partial charge on any atom is 0.322 e. The Labute approximate surface area is 318 Å². The Morgan fingerprint density at radius 3 is 1.55 bits per heavy atom. The van der Waals surface area contributed by atoms with Crippen molar-refractivity contribution < 1.29 is 66.6 Å². The van der Waals surface area contributed by atoms with Gasteiger partial charge in [-0.05, 0) is 25.7 Å². The summed E-state index contributed by atoms with van der Waals surface area (Å²) in [5.41, 5.74) is 6.42. The van der Waals surface area contributed by atoms with Gasteiger partial charge in [0, 0.05) is 18.1 Å². The van der Waals surface area contributed by atoms with Crippen molar-refractivity contribution in [2.45, 2.75) is 104 Å². The molecule has 0 rings (SSSR count). The number of nitrogens with one attached hydrogen (secondary N) is 6. The molecular weight excluding hydrogens is 752 g/mol. The van der Waals surface area contributed by atoms with Gasteiger partial charge in [0.2, 0.25) is 47.1 Å². The molecule has 0 bridgehead atoms. The summed E-state index contributed by atoms with van der Waals surface area (Å²) < 4.78 is 24.6. The fraction of sp³-hybridized carbons (Fsp3) is 0.688. The number of hydrogen-bond donors (Lipinski definition) is 10. The molecule has 0 aromatic heterocycles. The molecule has 4 atom stereocenters. The minimum atomic E-state index is -3.91. The Morgan fingerprint density at radius 1 is 0.655 bits per heavy atom. The molecule has 0 aromatic carbocycles. The van der Waals surface area contributed by atoms with E-state index < -0.39 is 136 Å². The second-order valence-electron chi connectivity index (χ2n) is 15.4. The van der Waals surface area contributed by atoms with E-state index in [4.69, 9.17) is 16.6 Å². The Morgan fingerprint density at radius 2 is 1.13 bits per heavy atom. The number of nitrogens with two attached hydrogens (primary N) is 2. The first-order valence-electron chi connectivity index (χ1n) is 16.7. The van der Waals surface area contributed by atoms with Gasteiger partial charge < -0.3 is 53.6 Å². The van der Waals surface area contributed by atoms with Crippen LogP contribution in [0.1, 0.15) is 74.1 Å². The molecule has 0 aliphatic rings. The monoisotopic (exact) mass is 806 g/mol. The standard InChI is InChI=1S/C32H54N8O14S/c1-30(2,3)10-9-18(41)27(49)35-13-21(44)39-24(32(6,7)52)29(51)38-17(12-20(34)43)26(48)40-23(31(4,5)15-55(8,53)54)28(50)37-16(11-19(33)42)25(47)36-14-22(45)46/h16-17,23-24,52H,9-15H2,1-8H3,(H2,33,42)(H2,34,43)(H,35,49)(H,36,47)(H,37,50)(H,38,51)(H,39,44)(H,40,48)(H,45,46)/t16-,17-,23+,24+/m0/s1. The van der Waals surface area contributed by atoms with Crippen LogP contribution >= 0.6 is 0 Å². The number of Topliss-reactive ketones (excluding diaryl/α,β-unsaturated/α-hetero) is 1. The molecule has 0 radical (unpaired) electrons. The zero-order chi connectivity index (χ0) is 43.3. The van der Waals surface area contributed by atoms with Gasteiger partial charge in [-0.2, -0.15) is 0 Å². The lowest BCUT2D eigenvalue weighted by atomic mass is 9.85. The number of ketones is 1. The summed E-state index contributed by atoms with van der Waals surface area (Å²) in [5, 5.41) is 32.3. The first-order chi connectivity index (χ1) is 24.8. The molecule has 23 heteroatoms. The molecule has 312 valence electrons. The van der Waals surface area contributed by atoms with E-state index >= 15 is 0 Å². The lowest BCUT2D eigenvalue weighted by Crippen LogP contribution is -2.64. The number of aliphatic carboxylic acids is 1. The molecule has 0 saturated carbocycles. The zero-order valence-corrected chi connectivity index (χ0v) is 32.9. The Hall–Kier alpha value is -5.19. The molecule has 0 saturated heterocycles. The van der Waals surface area contributed by atoms with Gasteiger partial charge in [-0.1, -0.05) is 34.6 Å². The summed E-state index contributed by atoms with van der Waals surface area (Å²) in [6, 6.07) is -7.54. The Balaban J connectivity index is 6.42. The highest BCUT2D eigenvalue weighted by molar-refractivity contribution is 7.90. The third-order valence-corrected chi connectivity index (χ3v) is 8.76. The highest BCUT2D eigenvalue weighted by atomic mass is 32.2. The van der Waals surface area contributed by atoms with Crippen molar-refractivity contribution in [1.29, 1.82) is 0 Å². The van der Waals surface area contributed by atoms with Crippen LogP contribution in [0.25, 0.3) is 0 Å². The van der Waals surface area contributed by atoms with E-state index in [9.17, 15) is 61.5 Å². The maximum atomic E-state index is 13.7. The van der Waals surface area contributed by atoms with Crippen LogP contribution in [0, 0.1) is 10.8 Å². The predicted molar refractivity (Wildman–Crippen MR) is 192 cm³/mol. The molecule has 22 nitrogen and oxygen atoms in total. The lowest BCUT2D eigenvalue weighted by Gasteiger charge is -2.35. The van der Waals surface area contributed by atoms with Crippen LogP contribution in [-0.4, -0.2) is 133 Å². The topological polar surface area (TPSA) is 370 Å². The molecule has 0 aliphatic carbocycles. The molecule has 0 aliphatic heterocycles. The van der Waals surface area contributed by atoms with Crippen molar-refractivity contribution in [2.24, 2.45) is 22.3 Å². The first kappa shape index (κ1) is 49.8. The Bertz CT molecular complexity index is 1620. The van der Waals surface area contributed by atoms with E-state index in [2.05, 4.69) is 26.6 Å². The third kappa shape index (κ3) is 20.2. The van der Waals surface area contributed by atoms with Crippen LogP contribution in [0.15, 0.2) is 0 Å². The van der Waals surface area contributed by atoms with Crippen molar-refractivity contribution in [2.75, 3.05) is 25.1 Å². The minimum absolute atomic E-state index is 0.0982. The van der Waals surface area contributed by atoms with Gasteiger partial charge in [0.05, 0.1) is 30.7 Å². The number of carboxylic acid groups (broad SMARTS) is 1. The van der Waals surface area contributed by atoms with Gasteiger partial charge in [0.25, 0.3) is 5.91 Å². The SMILES string of the molecule is CC(C)(C)CCC(=O)C(=O)NCC(=O)N[C@H](C(=O)N[C@@H](CC(N)=O)C(=O)N[C@H](C(=O)N[C@@H](CC(N)=O)C(=O)NCC(=O)O)C(C)(C)CS(C)(=O)=O)C(C)(C)O. The van der Waals surface area contributed by atoms with Gasteiger partial charge in [-0.25, -0.2) is 8.42 Å². The summed E-state index contributed by atoms with van der Waals surface area (Å²) in [6.07, 6.45) is -0.697. The van der Waals surface area contributed by atoms with Crippen LogP contribution < -0.4 is 43.4 Å². The van der Waals surface area contributed by atoms with E-state index in [1.165, 1.54) is 13.8 Å². The average Bonchev–Trinajstić information content (AvgIpc) is 2.98. The molecule has 0 aromatic rings. The summed E-state index contributed by atoms with van der Waals surface area (Å²) in [6.45, 7) is 8.50. The smallest absolute Gasteiger partial charge is 0.322 e. The molecule has 55 heavy (non-hydrogen) atoms. The van der Waals surface area contributed by atoms with E-state index in [1.54, 1.807) is 0 Å². The van der Waals surface area contributed by atoms with E-state index in [0.717, 1.165) is 20.1 Å². The van der Waals surface area contributed by atoms with Crippen LogP contribution in [0.2, 0.25) is 0 Å². The maximum absolute atomic E-state index is 13.7. The van der Waals surface area contributed by atoms with Gasteiger partial charge in [0.1, 0.15) is 40.5 Å². The molecule has 0 heterocycles. The van der Waals surface area contributed by atoms with Crippen LogP contribution in [-0.2, 0) is 57.8 Å². The van der Waals surface area contributed by atoms with Crippen molar-refractivity contribution in [3.63, 3.8) is 0 Å². The highest BCUT2D eigenvalue weighted by Gasteiger charge is 2.43. The number of primary amides is 2. The van der Waals surface area contributed by atoms with E-state index in [1.807, 2.05) is 26.1 Å². The summed E-state index contributed by atoms with van der Waals surface area (Å²) in [5.74, 6) is -12.5. The summed E-state index contributed by atoms with van der Waals surface area (Å²) in [7, 11) is -3.91. The average molecular weight is 807 g/mol. The largest absolute Gasteiger partial charge is 0.480 e. The van der Waals surface area contributed by atoms with Gasteiger partial charge >= 0.3 is 5.97 Å². The van der Waals surface area contributed by atoms with Crippen molar-refractivity contribution >= 4 is 68.8 Å². The van der Waals surface area contributed by atoms with Crippen molar-refractivity contribution in [3.05, 3.63) is 0 Å². The normalized spacial score (nSPS) is 14.1. The fourth-order valence-electron chi connectivity index (χ4n) is 4.87. The molecule has 12 N–H and O–H groups in total. The molecule has 8 amide bonds. The molecule has 0 unspecified atom stereocenters. The second kappa shape index (κ2) is 20.5. The van der Waals surface area contributed by atoms with Crippen molar-refractivity contribution in [1.82, 2.24) is 31.9 Å². The van der Waals surface area contributed by atoms with Crippen molar-refractivity contribution in [3.8, 4) is 0 Å². The Kier molecular flexibility index (Phi) is 18.5. The number of hydrogen-bond acceptors (Lipinski definition) is 13. The summed E-state index contributed by atoms with van der Waals surface area (Å²) in [4.78, 5) is 125. The first-order valence-corrected chi connectivity index (χ1v) is 18.8.